The van der Waals surface area contributed by atoms with E-state index in [0.717, 1.165) is 0 Å². The van der Waals surface area contributed by atoms with Gasteiger partial charge in [0.2, 0.25) is 0 Å². The summed E-state index contributed by atoms with van der Waals surface area (Å²) in [5, 5.41) is 8.24. The van der Waals surface area contributed by atoms with Crippen molar-refractivity contribution in [1.29, 1.82) is 0 Å². The minimum absolute atomic E-state index is 0. The molecule has 5 heteroatoms. The molecule has 0 aliphatic heterocycles. The Labute approximate surface area is 93.7 Å². The first-order valence-corrected chi connectivity index (χ1v) is 2.87. The van der Waals surface area contributed by atoms with Crippen LogP contribution in [0, 0.1) is 41.7 Å². The zero-order chi connectivity index (χ0) is 7.28. The molecule has 0 amide bonds. The van der Waals surface area contributed by atoms with Gasteiger partial charge in [-0.05, 0) is 19.4 Å². The summed E-state index contributed by atoms with van der Waals surface area (Å²) in [6, 6.07) is -0.742. The molecular formula is C5H12CeN2O2. The van der Waals surface area contributed by atoms with Crippen molar-refractivity contribution in [2.24, 2.45) is 11.5 Å². The molecule has 0 saturated carbocycles. The number of carboxylic acids is 1. The van der Waals surface area contributed by atoms with Gasteiger partial charge in [0.15, 0.2) is 0 Å². The average Bonchev–Trinajstić information content (AvgIpc) is 1.82. The number of carboxylic acid groups (broad SMARTS) is 1. The molecule has 0 aromatic rings. The fraction of sp³-hybridized carbons (Fsp3) is 0.800. The van der Waals surface area contributed by atoms with Gasteiger partial charge in [-0.2, -0.15) is 0 Å². The molecule has 4 nitrogen and oxygen atoms in total. The molecule has 10 heavy (non-hydrogen) atoms. The van der Waals surface area contributed by atoms with Gasteiger partial charge in [0.25, 0.3) is 0 Å². The number of nitrogens with two attached hydrogens (primary N) is 2. The molecule has 0 saturated heterocycles. The van der Waals surface area contributed by atoms with E-state index in [1.165, 1.54) is 0 Å². The van der Waals surface area contributed by atoms with E-state index in [2.05, 4.69) is 0 Å². The fourth-order valence-electron chi connectivity index (χ4n) is 0.461. The monoisotopic (exact) mass is 272 g/mol. The Morgan fingerprint density at radius 1 is 1.60 bits per heavy atom. The predicted molar refractivity (Wildman–Crippen MR) is 33.9 cm³/mol. The molecule has 0 aromatic heterocycles. The molecule has 0 heterocycles. The molecule has 0 rings (SSSR count). The van der Waals surface area contributed by atoms with Crippen molar-refractivity contribution in [3.8, 4) is 0 Å². The molecule has 0 spiro atoms. The molecule has 0 aliphatic carbocycles. The van der Waals surface area contributed by atoms with Crippen LogP contribution in [0.15, 0.2) is 0 Å². The van der Waals surface area contributed by atoms with Crippen molar-refractivity contribution in [3.63, 3.8) is 0 Å². The Hall–Kier alpha value is 0.767. The van der Waals surface area contributed by atoms with Crippen LogP contribution in [0.1, 0.15) is 12.8 Å². The van der Waals surface area contributed by atoms with Crippen LogP contribution >= 0.6 is 0 Å². The van der Waals surface area contributed by atoms with Crippen LogP contribution in [0.2, 0.25) is 0 Å². The maximum Gasteiger partial charge on any atom is 0.320 e. The van der Waals surface area contributed by atoms with Crippen LogP contribution in [0.25, 0.3) is 0 Å². The number of aliphatic carboxylic acids is 1. The van der Waals surface area contributed by atoms with Crippen LogP contribution in [0.4, 0.5) is 0 Å². The molecule has 1 atom stereocenters. The van der Waals surface area contributed by atoms with Crippen LogP contribution in [-0.4, -0.2) is 23.7 Å². The second-order valence-electron chi connectivity index (χ2n) is 1.88. The van der Waals surface area contributed by atoms with Crippen LogP contribution < -0.4 is 11.5 Å². The molecular weight excluding hydrogens is 260 g/mol. The van der Waals surface area contributed by atoms with Gasteiger partial charge >= 0.3 is 5.97 Å². The molecule has 0 radical (unpaired) electrons. The molecule has 1 unspecified atom stereocenters. The van der Waals surface area contributed by atoms with Gasteiger partial charge in [0.1, 0.15) is 6.04 Å². The van der Waals surface area contributed by atoms with Gasteiger partial charge in [-0.3, -0.25) is 4.79 Å². The van der Waals surface area contributed by atoms with Gasteiger partial charge in [0.05, 0.1) is 0 Å². The van der Waals surface area contributed by atoms with Crippen molar-refractivity contribution >= 4 is 5.97 Å². The van der Waals surface area contributed by atoms with E-state index in [9.17, 15) is 4.79 Å². The first kappa shape index (κ1) is 13.4. The fourth-order valence-corrected chi connectivity index (χ4v) is 0.461. The SMILES string of the molecule is NCCCC(N)C(=O)O.[Ce]. The molecule has 58 valence electrons. The van der Waals surface area contributed by atoms with E-state index in [0.29, 0.717) is 19.4 Å². The summed E-state index contributed by atoms with van der Waals surface area (Å²) < 4.78 is 0. The number of carbonyl (C=O) groups is 1. The maximum atomic E-state index is 10.0. The third-order valence-electron chi connectivity index (χ3n) is 1.04. The predicted octanol–water partition coefficient (Wildman–Crippen LogP) is -0.863. The Morgan fingerprint density at radius 2 is 2.10 bits per heavy atom. The van der Waals surface area contributed by atoms with Gasteiger partial charge in [-0.1, -0.05) is 0 Å². The molecule has 0 fully saturated rings. The molecule has 5 N–H and O–H groups in total. The zero-order valence-electron chi connectivity index (χ0n) is 5.71. The van der Waals surface area contributed by atoms with Crippen LogP contribution in [-0.2, 0) is 4.79 Å². The van der Waals surface area contributed by atoms with E-state index < -0.39 is 12.0 Å². The number of hydrogen-bond acceptors (Lipinski definition) is 3. The first-order chi connectivity index (χ1) is 4.18. The number of rotatable bonds is 4. The summed E-state index contributed by atoms with van der Waals surface area (Å²) in [5.74, 6) is -0.955. The summed E-state index contributed by atoms with van der Waals surface area (Å²) in [6.07, 6.45) is 1.14. The first-order valence-electron chi connectivity index (χ1n) is 2.87. The van der Waals surface area contributed by atoms with E-state index in [1.807, 2.05) is 0 Å². The normalized spacial score (nSPS) is 11.8. The van der Waals surface area contributed by atoms with Crippen molar-refractivity contribution in [2.75, 3.05) is 6.54 Å². The van der Waals surface area contributed by atoms with Gasteiger partial charge < -0.3 is 16.6 Å². The van der Waals surface area contributed by atoms with E-state index in [1.54, 1.807) is 0 Å². The van der Waals surface area contributed by atoms with E-state index in [-0.39, 0.29) is 41.7 Å². The summed E-state index contributed by atoms with van der Waals surface area (Å²) in [7, 11) is 0. The largest absolute Gasteiger partial charge is 0.480 e. The van der Waals surface area contributed by atoms with Crippen LogP contribution in [0.3, 0.4) is 0 Å². The minimum Gasteiger partial charge on any atom is -0.480 e. The van der Waals surface area contributed by atoms with Crippen molar-refractivity contribution in [1.82, 2.24) is 0 Å². The molecule has 0 aromatic carbocycles. The van der Waals surface area contributed by atoms with Gasteiger partial charge in [-0.15, -0.1) is 0 Å². The third-order valence-corrected chi connectivity index (χ3v) is 1.04. The van der Waals surface area contributed by atoms with Crippen LogP contribution in [0.5, 0.6) is 0 Å². The van der Waals surface area contributed by atoms with Crippen molar-refractivity contribution < 1.29 is 51.6 Å². The second-order valence-corrected chi connectivity index (χ2v) is 1.88. The number of hydrogen-bond donors (Lipinski definition) is 3. The smallest absolute Gasteiger partial charge is 0.320 e. The third kappa shape index (κ3) is 6.88. The van der Waals surface area contributed by atoms with Gasteiger partial charge in [-0.25, -0.2) is 0 Å². The summed E-state index contributed by atoms with van der Waals surface area (Å²) in [4.78, 5) is 10.0. The van der Waals surface area contributed by atoms with E-state index in [4.69, 9.17) is 16.6 Å². The Bertz CT molecular complexity index is 99.6. The molecule has 0 bridgehead atoms. The zero-order valence-corrected chi connectivity index (χ0v) is 8.85. The quantitative estimate of drug-likeness (QED) is 0.621. The summed E-state index contributed by atoms with van der Waals surface area (Å²) in [5.41, 5.74) is 10.3. The topological polar surface area (TPSA) is 89.3 Å². The average molecular weight is 272 g/mol. The Balaban J connectivity index is 0. The standard InChI is InChI=1S/C5H12N2O2.Ce/c6-3-1-2-4(7)5(8)9;/h4H,1-3,6-7H2,(H,8,9);. The Kier molecular flexibility index (Phi) is 10.5. The minimum atomic E-state index is -0.955. The summed E-state index contributed by atoms with van der Waals surface area (Å²) >= 11 is 0. The van der Waals surface area contributed by atoms with Crippen molar-refractivity contribution in [3.05, 3.63) is 0 Å². The van der Waals surface area contributed by atoms with E-state index >= 15 is 0 Å². The van der Waals surface area contributed by atoms with Crippen molar-refractivity contribution in [2.45, 2.75) is 18.9 Å². The van der Waals surface area contributed by atoms with Gasteiger partial charge in [0, 0.05) is 41.7 Å². The Morgan fingerprint density at radius 3 is 2.40 bits per heavy atom. The second kappa shape index (κ2) is 7.87. The summed E-state index contributed by atoms with van der Waals surface area (Å²) in [6.45, 7) is 0.501. The maximum absolute atomic E-state index is 10.0. The molecule has 0 aliphatic rings.